The van der Waals surface area contributed by atoms with Gasteiger partial charge in [-0.3, -0.25) is 9.59 Å². The molecule has 1 aromatic carbocycles. The first-order valence-corrected chi connectivity index (χ1v) is 17.7. The van der Waals surface area contributed by atoms with Gasteiger partial charge in [0.25, 0.3) is 5.91 Å². The lowest BCUT2D eigenvalue weighted by Gasteiger charge is -2.56. The lowest BCUT2D eigenvalue weighted by atomic mass is 9.61. The van der Waals surface area contributed by atoms with Crippen LogP contribution in [0.2, 0.25) is 0 Å². The Morgan fingerprint density at radius 3 is 2.43 bits per heavy atom. The molecule has 5 aliphatic rings. The highest BCUT2D eigenvalue weighted by molar-refractivity contribution is 9.10. The number of nitrogens with one attached hydrogen (secondary N) is 1. The van der Waals surface area contributed by atoms with Crippen molar-refractivity contribution in [1.82, 2.24) is 20.2 Å². The van der Waals surface area contributed by atoms with Gasteiger partial charge < -0.3 is 14.8 Å². The Balaban J connectivity index is 1.33. The molecule has 3 unspecified atom stereocenters. The Kier molecular flexibility index (Phi) is 8.34. The van der Waals surface area contributed by atoms with Gasteiger partial charge in [0.05, 0.1) is 22.8 Å². The summed E-state index contributed by atoms with van der Waals surface area (Å²) in [5, 5.41) is 2.58. The third kappa shape index (κ3) is 5.30. The van der Waals surface area contributed by atoms with Crippen LogP contribution in [0.5, 0.6) is 0 Å². The van der Waals surface area contributed by atoms with Gasteiger partial charge in [-0.25, -0.2) is 10.4 Å². The van der Waals surface area contributed by atoms with E-state index in [2.05, 4.69) is 67.1 Å². The summed E-state index contributed by atoms with van der Waals surface area (Å²) in [6, 6.07) is 11.3. The van der Waals surface area contributed by atoms with Crippen molar-refractivity contribution in [3.8, 4) is 0 Å². The lowest BCUT2D eigenvalue weighted by molar-refractivity contribution is -0.127. The Morgan fingerprint density at radius 2 is 1.75 bits per heavy atom. The largest absolute Gasteiger partial charge is 0.337 e. The molecule has 4 atom stereocenters. The van der Waals surface area contributed by atoms with E-state index in [0.717, 1.165) is 28.9 Å². The molecule has 2 saturated carbocycles. The molecule has 7 rings (SSSR count). The Labute approximate surface area is 270 Å². The Hall–Kier alpha value is -2.71. The number of hydrazine groups is 1. The SMILES string of the molecule is C=CC(=O)N1CCC2NN(c3ccc(C4CC4)cc3)C3(C4CCCCCCC4)CCN(C(=O)c4cnc(Br)cc4C)[C@@H](C1)C23. The van der Waals surface area contributed by atoms with E-state index in [4.69, 9.17) is 0 Å². The van der Waals surface area contributed by atoms with Gasteiger partial charge in [0.1, 0.15) is 4.60 Å². The molecule has 0 radical (unpaired) electrons. The first-order valence-electron chi connectivity index (χ1n) is 16.9. The zero-order valence-corrected chi connectivity index (χ0v) is 27.6. The molecule has 3 aliphatic heterocycles. The summed E-state index contributed by atoms with van der Waals surface area (Å²) >= 11 is 3.47. The number of amides is 2. The van der Waals surface area contributed by atoms with Crippen LogP contribution in [0.25, 0.3) is 0 Å². The van der Waals surface area contributed by atoms with Crippen molar-refractivity contribution < 1.29 is 9.59 Å². The van der Waals surface area contributed by atoms with Crippen molar-refractivity contribution in [2.75, 3.05) is 24.6 Å². The summed E-state index contributed by atoms with van der Waals surface area (Å²) in [5.41, 5.74) is 8.20. The van der Waals surface area contributed by atoms with Gasteiger partial charge in [0.2, 0.25) is 5.91 Å². The molecule has 8 heteroatoms. The molecule has 7 nitrogen and oxygen atoms in total. The maximum Gasteiger partial charge on any atom is 0.256 e. The molecule has 0 bridgehead atoms. The van der Waals surface area contributed by atoms with E-state index in [1.807, 2.05) is 17.9 Å². The van der Waals surface area contributed by atoms with Gasteiger partial charge >= 0.3 is 0 Å². The van der Waals surface area contributed by atoms with Gasteiger partial charge in [0.15, 0.2) is 0 Å². The topological polar surface area (TPSA) is 68.8 Å². The number of aryl methyl sites for hydroxylation is 1. The van der Waals surface area contributed by atoms with Gasteiger partial charge in [-0.1, -0.05) is 50.8 Å². The smallest absolute Gasteiger partial charge is 0.256 e. The number of anilines is 1. The summed E-state index contributed by atoms with van der Waals surface area (Å²) < 4.78 is 0.731. The van der Waals surface area contributed by atoms with Crippen LogP contribution in [-0.2, 0) is 4.79 Å². The molecular formula is C36H46BrN5O2. The normalized spacial score (nSPS) is 29.4. The van der Waals surface area contributed by atoms with Crippen LogP contribution in [0.15, 0.2) is 53.8 Å². The average Bonchev–Trinajstić information content (AvgIpc) is 3.82. The van der Waals surface area contributed by atoms with Crippen LogP contribution in [0.1, 0.15) is 98.0 Å². The van der Waals surface area contributed by atoms with Crippen LogP contribution >= 0.6 is 15.9 Å². The van der Waals surface area contributed by atoms with E-state index in [1.165, 1.54) is 75.1 Å². The molecule has 3 saturated heterocycles. The molecule has 0 spiro atoms. The van der Waals surface area contributed by atoms with Gasteiger partial charge in [-0.2, -0.15) is 0 Å². The number of rotatable bonds is 5. The van der Waals surface area contributed by atoms with Gasteiger partial charge in [0, 0.05) is 37.8 Å². The highest BCUT2D eigenvalue weighted by Crippen LogP contribution is 2.54. The van der Waals surface area contributed by atoms with E-state index < -0.39 is 0 Å². The van der Waals surface area contributed by atoms with Crippen molar-refractivity contribution in [2.45, 2.75) is 101 Å². The summed E-state index contributed by atoms with van der Waals surface area (Å²) in [7, 11) is 0. The monoisotopic (exact) mass is 659 g/mol. The molecular weight excluding hydrogens is 614 g/mol. The molecule has 2 aliphatic carbocycles. The van der Waals surface area contributed by atoms with E-state index in [1.54, 1.807) is 6.20 Å². The minimum Gasteiger partial charge on any atom is -0.337 e. The quantitative estimate of drug-likeness (QED) is 0.283. The molecule has 5 fully saturated rings. The second-order valence-electron chi connectivity index (χ2n) is 13.9. The highest BCUT2D eigenvalue weighted by Gasteiger charge is 2.64. The second kappa shape index (κ2) is 12.2. The van der Waals surface area contributed by atoms with E-state index >= 15 is 0 Å². The first-order chi connectivity index (χ1) is 21.4. The van der Waals surface area contributed by atoms with Crippen LogP contribution < -0.4 is 10.4 Å². The maximum atomic E-state index is 14.4. The van der Waals surface area contributed by atoms with Crippen molar-refractivity contribution in [1.29, 1.82) is 0 Å². The predicted molar refractivity (Wildman–Crippen MR) is 177 cm³/mol. The summed E-state index contributed by atoms with van der Waals surface area (Å²) in [5.74, 6) is 1.42. The summed E-state index contributed by atoms with van der Waals surface area (Å²) in [6.45, 7) is 7.65. The fourth-order valence-electron chi connectivity index (χ4n) is 9.19. The third-order valence-corrected chi connectivity index (χ3v) is 11.9. The molecule has 1 N–H and O–H groups in total. The number of carbonyl (C=O) groups excluding carboxylic acids is 2. The minimum absolute atomic E-state index is 0.0256. The van der Waals surface area contributed by atoms with Crippen LogP contribution in [0.3, 0.4) is 0 Å². The minimum atomic E-state index is -0.134. The van der Waals surface area contributed by atoms with Crippen LogP contribution in [-0.4, -0.2) is 63.9 Å². The summed E-state index contributed by atoms with van der Waals surface area (Å²) in [6.07, 6.45) is 16.4. The number of carbonyl (C=O) groups is 2. The van der Waals surface area contributed by atoms with Crippen molar-refractivity contribution in [2.24, 2.45) is 11.8 Å². The Morgan fingerprint density at radius 1 is 1.02 bits per heavy atom. The lowest BCUT2D eigenvalue weighted by Crippen LogP contribution is -2.67. The van der Waals surface area contributed by atoms with E-state index in [0.29, 0.717) is 31.1 Å². The Bertz CT molecular complexity index is 1400. The van der Waals surface area contributed by atoms with Gasteiger partial charge in [-0.05, 0) is 109 Å². The van der Waals surface area contributed by atoms with Crippen molar-refractivity contribution in [3.63, 3.8) is 0 Å². The van der Waals surface area contributed by atoms with Crippen molar-refractivity contribution >= 4 is 33.4 Å². The number of halogens is 1. The fourth-order valence-corrected chi connectivity index (χ4v) is 9.64. The molecule has 234 valence electrons. The first kappa shape index (κ1) is 30.0. The fraction of sp³-hybridized carbons (Fsp3) is 0.583. The molecule has 2 aromatic rings. The number of piperidine rings is 1. The second-order valence-corrected chi connectivity index (χ2v) is 14.7. The van der Waals surface area contributed by atoms with E-state index in [-0.39, 0.29) is 35.4 Å². The average molecular weight is 661 g/mol. The number of nitrogens with zero attached hydrogens (tertiary/aromatic N) is 4. The third-order valence-electron chi connectivity index (χ3n) is 11.5. The highest BCUT2D eigenvalue weighted by atomic mass is 79.9. The predicted octanol–water partition coefficient (Wildman–Crippen LogP) is 6.77. The molecule has 1 aromatic heterocycles. The number of pyridine rings is 1. The molecule has 2 amide bonds. The number of hydrogen-bond donors (Lipinski definition) is 1. The zero-order chi connectivity index (χ0) is 30.4. The maximum absolute atomic E-state index is 14.4. The molecule has 44 heavy (non-hydrogen) atoms. The number of hydrogen-bond acceptors (Lipinski definition) is 5. The molecule has 4 heterocycles. The van der Waals surface area contributed by atoms with Crippen LogP contribution in [0.4, 0.5) is 5.69 Å². The van der Waals surface area contributed by atoms with Crippen molar-refractivity contribution in [3.05, 3.63) is 70.5 Å². The number of aromatic nitrogens is 1. The number of likely N-dealkylation sites (tertiary alicyclic amines) is 2. The van der Waals surface area contributed by atoms with E-state index in [9.17, 15) is 9.59 Å². The summed E-state index contributed by atoms with van der Waals surface area (Å²) in [4.78, 5) is 36.0. The van der Waals surface area contributed by atoms with Crippen LogP contribution in [0, 0.1) is 18.8 Å². The number of benzene rings is 1. The van der Waals surface area contributed by atoms with Gasteiger partial charge in [-0.15, -0.1) is 0 Å². The standard InChI is InChI=1S/C36H46BrN5O2/c1-3-33(43)40-19-17-30-34-31(23-40)41(35(44)29-22-38-32(37)21-24(29)2)20-18-36(34,27-9-7-5-4-6-8-10-27)42(39-30)28-15-13-26(14-16-28)25-11-12-25/h3,13-16,21-22,25,27,30-31,34,39H,1,4-12,17-20,23H2,2H3/t30?,31-,34?,36?/m0/s1. The zero-order valence-electron chi connectivity index (χ0n) is 26.0.